The lowest BCUT2D eigenvalue weighted by Gasteiger charge is -2.29. The van der Waals surface area contributed by atoms with Crippen LogP contribution >= 0.6 is 34.7 Å². The largest absolute Gasteiger partial charge is 0.497 e. The number of carbonyl (C=O) groups is 2. The fourth-order valence-corrected chi connectivity index (χ4v) is 6.67. The van der Waals surface area contributed by atoms with E-state index in [0.717, 1.165) is 21.8 Å². The highest BCUT2D eigenvalue weighted by molar-refractivity contribution is 8.00. The fourth-order valence-electron chi connectivity index (χ4n) is 4.03. The summed E-state index contributed by atoms with van der Waals surface area (Å²) in [5, 5.41) is 0.574. The molecule has 6 nitrogen and oxygen atoms in total. The van der Waals surface area contributed by atoms with Crippen LogP contribution in [0.4, 0.5) is 5.69 Å². The molecule has 3 aromatic rings. The van der Waals surface area contributed by atoms with Gasteiger partial charge in [0.25, 0.3) is 0 Å². The van der Waals surface area contributed by atoms with Crippen molar-refractivity contribution in [1.29, 1.82) is 0 Å². The third-order valence-corrected chi connectivity index (χ3v) is 8.04. The number of ether oxygens (including phenoxy) is 1. The number of amides is 2. The second-order valence-electron chi connectivity index (χ2n) is 7.01. The number of nitrogens with zero attached hydrogens (tertiary/aromatic N) is 1. The van der Waals surface area contributed by atoms with Gasteiger partial charge in [-0.15, -0.1) is 0 Å². The number of aromatic amines is 1. The Hall–Kier alpha value is -2.55. The van der Waals surface area contributed by atoms with Crippen molar-refractivity contribution in [3.63, 3.8) is 0 Å². The van der Waals surface area contributed by atoms with E-state index in [-0.39, 0.29) is 16.7 Å². The molecule has 1 aromatic heterocycles. The number of halogens is 1. The molecular weight excluding hydrogens is 444 g/mol. The predicted molar refractivity (Wildman–Crippen MR) is 117 cm³/mol. The van der Waals surface area contributed by atoms with Gasteiger partial charge >= 0.3 is 4.87 Å². The van der Waals surface area contributed by atoms with Crippen LogP contribution in [0.15, 0.2) is 58.4 Å². The monoisotopic (exact) mass is 458 g/mol. The summed E-state index contributed by atoms with van der Waals surface area (Å²) >= 11 is 8.32. The van der Waals surface area contributed by atoms with Gasteiger partial charge < -0.3 is 9.72 Å². The molecule has 2 aromatic carbocycles. The molecule has 2 aliphatic rings. The first-order chi connectivity index (χ1) is 14.5. The van der Waals surface area contributed by atoms with Crippen molar-refractivity contribution in [3.8, 4) is 5.75 Å². The molecule has 5 rings (SSSR count). The summed E-state index contributed by atoms with van der Waals surface area (Å²) in [6, 6.07) is 14.0. The number of carbonyl (C=O) groups excluding carboxylic acids is 2. The normalized spacial score (nSPS) is 22.7. The molecule has 3 heterocycles. The van der Waals surface area contributed by atoms with Gasteiger partial charge in [-0.1, -0.05) is 46.8 Å². The molecule has 2 amide bonds. The topological polar surface area (TPSA) is 79.5 Å². The molecular formula is C21H15ClN2O4S2. The van der Waals surface area contributed by atoms with Crippen molar-refractivity contribution in [2.24, 2.45) is 5.92 Å². The van der Waals surface area contributed by atoms with Crippen molar-refractivity contribution < 1.29 is 14.3 Å². The number of imide groups is 1. The maximum absolute atomic E-state index is 13.5. The Labute approximate surface area is 184 Å². The van der Waals surface area contributed by atoms with Crippen LogP contribution in [0, 0.1) is 5.92 Å². The molecule has 0 unspecified atom stereocenters. The molecule has 1 fully saturated rings. The molecule has 0 saturated carbocycles. The number of fused-ring (bicyclic) bond motifs is 2. The number of hydrogen-bond donors (Lipinski definition) is 1. The van der Waals surface area contributed by atoms with Crippen LogP contribution in [0.5, 0.6) is 5.75 Å². The van der Waals surface area contributed by atoms with Crippen LogP contribution in [-0.4, -0.2) is 29.2 Å². The van der Waals surface area contributed by atoms with Gasteiger partial charge in [0.05, 0.1) is 23.7 Å². The van der Waals surface area contributed by atoms with E-state index in [1.54, 1.807) is 31.4 Å². The second kappa shape index (κ2) is 7.30. The minimum Gasteiger partial charge on any atom is -0.497 e. The summed E-state index contributed by atoms with van der Waals surface area (Å²) in [5.41, 5.74) is 1.36. The minimum atomic E-state index is -0.613. The zero-order valence-electron chi connectivity index (χ0n) is 15.6. The number of hydrogen-bond acceptors (Lipinski definition) is 6. The van der Waals surface area contributed by atoms with Crippen molar-refractivity contribution in [2.75, 3.05) is 12.0 Å². The molecule has 2 aliphatic heterocycles. The third kappa shape index (κ3) is 2.98. The highest BCUT2D eigenvalue weighted by Crippen LogP contribution is 2.53. The van der Waals surface area contributed by atoms with Crippen molar-refractivity contribution in [3.05, 3.63) is 73.7 Å². The van der Waals surface area contributed by atoms with Gasteiger partial charge in [0.1, 0.15) is 11.0 Å². The van der Waals surface area contributed by atoms with E-state index in [4.69, 9.17) is 16.3 Å². The van der Waals surface area contributed by atoms with Gasteiger partial charge in [0, 0.05) is 15.8 Å². The van der Waals surface area contributed by atoms with E-state index >= 15 is 0 Å². The third-order valence-electron chi connectivity index (χ3n) is 5.38. The molecule has 1 saturated heterocycles. The van der Waals surface area contributed by atoms with Crippen LogP contribution < -0.4 is 14.5 Å². The number of aromatic nitrogens is 1. The first-order valence-electron chi connectivity index (χ1n) is 9.15. The fraction of sp³-hybridized carbons (Fsp3) is 0.190. The maximum Gasteiger partial charge on any atom is 0.305 e. The van der Waals surface area contributed by atoms with Crippen LogP contribution in [0.3, 0.4) is 0 Å². The minimum absolute atomic E-state index is 0.194. The van der Waals surface area contributed by atoms with Crippen LogP contribution in [-0.2, 0) is 9.59 Å². The quantitative estimate of drug-likeness (QED) is 0.602. The SMILES string of the molecule is COc1ccc([C@@H]2c3sc(=O)[nH]c3S[C@@H]3C(=O)N(c4ccc(Cl)cc4)C(=O)[C@H]23)cc1. The Morgan fingerprint density at radius 2 is 1.70 bits per heavy atom. The Morgan fingerprint density at radius 3 is 2.37 bits per heavy atom. The average Bonchev–Trinajstić information content (AvgIpc) is 3.24. The van der Waals surface area contributed by atoms with E-state index < -0.39 is 17.1 Å². The van der Waals surface area contributed by atoms with Crippen LogP contribution in [0.1, 0.15) is 16.4 Å². The number of benzene rings is 2. The van der Waals surface area contributed by atoms with Gasteiger partial charge in [-0.25, -0.2) is 4.90 Å². The van der Waals surface area contributed by atoms with Gasteiger partial charge in [-0.05, 0) is 42.0 Å². The number of methoxy groups -OCH3 is 1. The molecule has 9 heteroatoms. The zero-order valence-corrected chi connectivity index (χ0v) is 18.0. The van der Waals surface area contributed by atoms with E-state index in [9.17, 15) is 14.4 Å². The van der Waals surface area contributed by atoms with E-state index in [1.165, 1.54) is 16.7 Å². The van der Waals surface area contributed by atoms with Gasteiger partial charge in [0.15, 0.2) is 0 Å². The predicted octanol–water partition coefficient (Wildman–Crippen LogP) is 3.89. The van der Waals surface area contributed by atoms with E-state index in [0.29, 0.717) is 21.5 Å². The summed E-state index contributed by atoms with van der Waals surface area (Å²) in [6.45, 7) is 0. The first kappa shape index (κ1) is 19.4. The van der Waals surface area contributed by atoms with Gasteiger partial charge in [0.2, 0.25) is 11.8 Å². The molecule has 0 radical (unpaired) electrons. The Morgan fingerprint density at radius 1 is 1.00 bits per heavy atom. The first-order valence-corrected chi connectivity index (χ1v) is 11.2. The number of thiazole rings is 1. The number of nitrogens with one attached hydrogen (secondary N) is 1. The number of thioether (sulfide) groups is 1. The van der Waals surface area contributed by atoms with Gasteiger partial charge in [-0.3, -0.25) is 14.4 Å². The summed E-state index contributed by atoms with van der Waals surface area (Å²) in [4.78, 5) is 43.5. The summed E-state index contributed by atoms with van der Waals surface area (Å²) in [7, 11) is 1.58. The lowest BCUT2D eigenvalue weighted by Crippen LogP contribution is -2.32. The Balaban J connectivity index is 1.63. The lowest BCUT2D eigenvalue weighted by molar-refractivity contribution is -0.122. The number of rotatable bonds is 3. The molecule has 3 atom stereocenters. The van der Waals surface area contributed by atoms with Gasteiger partial charge in [-0.2, -0.15) is 0 Å². The molecule has 0 bridgehead atoms. The molecule has 30 heavy (non-hydrogen) atoms. The summed E-state index contributed by atoms with van der Waals surface area (Å²) in [5.74, 6) is -0.861. The smallest absolute Gasteiger partial charge is 0.305 e. The van der Waals surface area contributed by atoms with Crippen molar-refractivity contribution in [2.45, 2.75) is 16.2 Å². The number of H-pyrrole nitrogens is 1. The Kier molecular flexibility index (Phi) is 4.72. The van der Waals surface area contributed by atoms with E-state index in [1.807, 2.05) is 24.3 Å². The molecule has 1 N–H and O–H groups in total. The van der Waals surface area contributed by atoms with Crippen molar-refractivity contribution in [1.82, 2.24) is 4.98 Å². The molecule has 152 valence electrons. The van der Waals surface area contributed by atoms with Crippen LogP contribution in [0.2, 0.25) is 5.02 Å². The average molecular weight is 459 g/mol. The summed E-state index contributed by atoms with van der Waals surface area (Å²) in [6.07, 6.45) is 0. The number of anilines is 1. The Bertz CT molecular complexity index is 1200. The van der Waals surface area contributed by atoms with Crippen LogP contribution in [0.25, 0.3) is 0 Å². The summed E-state index contributed by atoms with van der Waals surface area (Å²) < 4.78 is 5.24. The highest BCUT2D eigenvalue weighted by atomic mass is 35.5. The maximum atomic E-state index is 13.5. The molecule has 0 aliphatic carbocycles. The lowest BCUT2D eigenvalue weighted by atomic mass is 9.83. The van der Waals surface area contributed by atoms with Crippen molar-refractivity contribution >= 4 is 52.2 Å². The standard InChI is InChI=1S/C21H15ClN2O4S2/c1-28-13-8-2-10(3-9-13)14-15-17(29-18-16(14)30-21(27)23-18)20(26)24(19(15)25)12-6-4-11(22)5-7-12/h2-9,14-15,17H,1H3,(H,23,27)/t14-,15+,17-/m0/s1. The highest BCUT2D eigenvalue weighted by Gasteiger charge is 2.56. The molecule has 0 spiro atoms. The van der Waals surface area contributed by atoms with E-state index in [2.05, 4.69) is 4.98 Å². The second-order valence-corrected chi connectivity index (χ2v) is 9.61. The zero-order chi connectivity index (χ0) is 21.0.